The molecule has 0 bridgehead atoms. The topological polar surface area (TPSA) is 99.0 Å². The van der Waals surface area contributed by atoms with Gasteiger partial charge in [-0.15, -0.1) is 0 Å². The third-order valence-electron chi connectivity index (χ3n) is 4.10. The van der Waals surface area contributed by atoms with E-state index < -0.39 is 15.4 Å². The van der Waals surface area contributed by atoms with E-state index in [0.717, 1.165) is 0 Å². The second kappa shape index (κ2) is 7.05. The average molecular weight is 370 g/mol. The van der Waals surface area contributed by atoms with Crippen LogP contribution in [0.1, 0.15) is 12.0 Å². The van der Waals surface area contributed by atoms with Crippen molar-refractivity contribution in [2.75, 3.05) is 0 Å². The number of hydrogen-bond donors (Lipinski definition) is 3. The smallest absolute Gasteiger partial charge is 0.276 e. The molecule has 1 atom stereocenters. The minimum atomic E-state index is -3.78. The van der Waals surface area contributed by atoms with Crippen molar-refractivity contribution < 1.29 is 18.6 Å². The lowest BCUT2D eigenvalue weighted by atomic mass is 9.76. The summed E-state index contributed by atoms with van der Waals surface area (Å²) in [4.78, 5) is 2.31. The number of hydrogen-bond acceptors (Lipinski definition) is 5. The van der Waals surface area contributed by atoms with E-state index in [4.69, 9.17) is 0 Å². The van der Waals surface area contributed by atoms with E-state index >= 15 is 0 Å². The first-order valence-electron chi connectivity index (χ1n) is 7.91. The molecule has 26 heavy (non-hydrogen) atoms. The number of allylic oxidation sites excluding steroid dienone is 4. The number of aromatic hydroxyl groups is 2. The van der Waals surface area contributed by atoms with Crippen LogP contribution in [0.2, 0.25) is 0 Å². The van der Waals surface area contributed by atoms with Crippen LogP contribution in [0.3, 0.4) is 0 Å². The lowest BCUT2D eigenvalue weighted by Gasteiger charge is -2.28. The zero-order valence-electron chi connectivity index (χ0n) is 13.8. The van der Waals surface area contributed by atoms with Crippen molar-refractivity contribution >= 4 is 16.2 Å². The van der Waals surface area contributed by atoms with Crippen LogP contribution < -0.4 is 4.83 Å². The molecule has 0 radical (unpaired) electrons. The molecule has 2 aromatic carbocycles. The third kappa shape index (κ3) is 3.62. The van der Waals surface area contributed by atoms with Crippen molar-refractivity contribution in [3.63, 3.8) is 0 Å². The minimum absolute atomic E-state index is 0.0570. The number of hydrazone groups is 1. The van der Waals surface area contributed by atoms with Crippen molar-refractivity contribution in [2.45, 2.75) is 16.7 Å². The summed E-state index contributed by atoms with van der Waals surface area (Å²) in [7, 11) is -3.78. The molecule has 2 aromatic rings. The normalized spacial score (nSPS) is 19.7. The van der Waals surface area contributed by atoms with E-state index in [1.807, 2.05) is 18.2 Å². The van der Waals surface area contributed by atoms with Gasteiger partial charge in [0, 0.05) is 17.8 Å². The van der Waals surface area contributed by atoms with Gasteiger partial charge in [-0.05, 0) is 24.6 Å². The Morgan fingerprint density at radius 1 is 1.08 bits per heavy atom. The monoisotopic (exact) mass is 370 g/mol. The summed E-state index contributed by atoms with van der Waals surface area (Å²) in [5, 5.41) is 23.7. The Balaban J connectivity index is 1.91. The summed E-state index contributed by atoms with van der Waals surface area (Å²) in [5.41, 5.74) is -0.315. The van der Waals surface area contributed by atoms with Crippen LogP contribution in [-0.2, 0) is 15.4 Å². The number of phenols is 2. The highest BCUT2D eigenvalue weighted by atomic mass is 32.2. The maximum absolute atomic E-state index is 12.3. The van der Waals surface area contributed by atoms with Crippen LogP contribution in [0, 0.1) is 0 Å². The summed E-state index contributed by atoms with van der Waals surface area (Å²) in [5.74, 6) is -0.152. The molecule has 0 amide bonds. The molecule has 0 spiro atoms. The first-order valence-corrected chi connectivity index (χ1v) is 9.39. The summed E-state index contributed by atoms with van der Waals surface area (Å²) >= 11 is 0. The Morgan fingerprint density at radius 2 is 1.85 bits per heavy atom. The Morgan fingerprint density at radius 3 is 2.50 bits per heavy atom. The van der Waals surface area contributed by atoms with Crippen LogP contribution in [0.4, 0.5) is 0 Å². The summed E-state index contributed by atoms with van der Waals surface area (Å²) in [6.07, 6.45) is 9.30. The van der Waals surface area contributed by atoms with Gasteiger partial charge in [-0.1, -0.05) is 48.6 Å². The SMILES string of the molecule is O=S(=O)(NN=CC1(c2ccc(O)cc2O)C=CC=CC1)c1ccccc1. The average Bonchev–Trinajstić information content (AvgIpc) is 2.63. The molecule has 6 nitrogen and oxygen atoms in total. The predicted octanol–water partition coefficient (Wildman–Crippen LogP) is 2.82. The molecule has 0 saturated carbocycles. The van der Waals surface area contributed by atoms with E-state index in [-0.39, 0.29) is 16.4 Å². The van der Waals surface area contributed by atoms with Gasteiger partial charge in [-0.2, -0.15) is 13.5 Å². The van der Waals surface area contributed by atoms with Crippen LogP contribution in [-0.4, -0.2) is 24.8 Å². The van der Waals surface area contributed by atoms with E-state index in [2.05, 4.69) is 9.93 Å². The number of nitrogens with zero attached hydrogens (tertiary/aromatic N) is 1. The third-order valence-corrected chi connectivity index (χ3v) is 5.34. The van der Waals surface area contributed by atoms with Gasteiger partial charge in [0.1, 0.15) is 11.5 Å². The van der Waals surface area contributed by atoms with Gasteiger partial charge in [0.15, 0.2) is 0 Å². The standard InChI is InChI=1S/C19H18N2O4S/c22-15-9-10-17(18(23)13-15)19(11-5-2-6-12-19)14-20-21-26(24,25)16-7-3-1-4-8-16/h1-11,13-14,21-23H,12H2. The summed E-state index contributed by atoms with van der Waals surface area (Å²) < 4.78 is 24.6. The van der Waals surface area contributed by atoms with Crippen molar-refractivity contribution in [3.05, 3.63) is 78.4 Å². The molecule has 134 valence electrons. The van der Waals surface area contributed by atoms with Crippen LogP contribution >= 0.6 is 0 Å². The van der Waals surface area contributed by atoms with Crippen molar-refractivity contribution in [1.29, 1.82) is 0 Å². The molecule has 0 fully saturated rings. The largest absolute Gasteiger partial charge is 0.508 e. The Hall–Kier alpha value is -3.06. The molecule has 3 rings (SSSR count). The molecule has 1 aliphatic carbocycles. The van der Waals surface area contributed by atoms with Gasteiger partial charge in [0.2, 0.25) is 0 Å². The fourth-order valence-electron chi connectivity index (χ4n) is 2.78. The van der Waals surface area contributed by atoms with Gasteiger partial charge >= 0.3 is 0 Å². The van der Waals surface area contributed by atoms with E-state index in [1.165, 1.54) is 30.5 Å². The van der Waals surface area contributed by atoms with E-state index in [1.54, 1.807) is 30.3 Å². The lowest BCUT2D eigenvalue weighted by Crippen LogP contribution is -2.28. The van der Waals surface area contributed by atoms with Crippen molar-refractivity contribution in [1.82, 2.24) is 4.83 Å². The molecule has 0 aliphatic heterocycles. The Bertz CT molecular complexity index is 982. The lowest BCUT2D eigenvalue weighted by molar-refractivity contribution is 0.441. The Kier molecular flexibility index (Phi) is 4.81. The number of benzene rings is 2. The van der Waals surface area contributed by atoms with Crippen LogP contribution in [0.25, 0.3) is 0 Å². The van der Waals surface area contributed by atoms with Gasteiger partial charge in [-0.3, -0.25) is 0 Å². The van der Waals surface area contributed by atoms with E-state index in [9.17, 15) is 18.6 Å². The van der Waals surface area contributed by atoms with Gasteiger partial charge in [-0.25, -0.2) is 4.83 Å². The molecule has 0 saturated heterocycles. The first kappa shape index (κ1) is 17.8. The zero-order valence-corrected chi connectivity index (χ0v) is 14.6. The summed E-state index contributed by atoms with van der Waals surface area (Å²) in [6, 6.07) is 12.2. The van der Waals surface area contributed by atoms with Crippen LogP contribution in [0.15, 0.2) is 82.8 Å². The fourth-order valence-corrected chi connectivity index (χ4v) is 3.59. The number of sulfonamides is 1. The highest BCUT2D eigenvalue weighted by molar-refractivity contribution is 7.89. The predicted molar refractivity (Wildman–Crippen MR) is 99.6 cm³/mol. The van der Waals surface area contributed by atoms with Gasteiger partial charge < -0.3 is 10.2 Å². The highest BCUT2D eigenvalue weighted by Gasteiger charge is 2.31. The number of phenolic OH excluding ortho intramolecular Hbond substituents is 2. The molecular formula is C19H18N2O4S. The molecule has 1 unspecified atom stereocenters. The quantitative estimate of drug-likeness (QED) is 0.557. The van der Waals surface area contributed by atoms with Crippen LogP contribution in [0.5, 0.6) is 11.5 Å². The van der Waals surface area contributed by atoms with E-state index in [0.29, 0.717) is 12.0 Å². The molecule has 3 N–H and O–H groups in total. The fraction of sp³-hybridized carbons (Fsp3) is 0.105. The summed E-state index contributed by atoms with van der Waals surface area (Å²) in [6.45, 7) is 0. The maximum atomic E-state index is 12.3. The number of rotatable bonds is 5. The maximum Gasteiger partial charge on any atom is 0.276 e. The molecule has 1 aliphatic rings. The molecule has 7 heteroatoms. The molecular weight excluding hydrogens is 352 g/mol. The zero-order chi connectivity index (χ0) is 18.6. The van der Waals surface area contributed by atoms with Gasteiger partial charge in [0.25, 0.3) is 10.0 Å². The van der Waals surface area contributed by atoms with Crippen molar-refractivity contribution in [3.8, 4) is 11.5 Å². The van der Waals surface area contributed by atoms with Crippen molar-refractivity contribution in [2.24, 2.45) is 5.10 Å². The number of nitrogens with one attached hydrogen (secondary N) is 1. The molecule has 0 aromatic heterocycles. The Labute approximate surface area is 151 Å². The minimum Gasteiger partial charge on any atom is -0.508 e. The first-order chi connectivity index (χ1) is 12.4. The second-order valence-corrected chi connectivity index (χ2v) is 7.56. The molecule has 0 heterocycles. The van der Waals surface area contributed by atoms with Gasteiger partial charge in [0.05, 0.1) is 10.3 Å². The second-order valence-electron chi connectivity index (χ2n) is 5.90. The highest BCUT2D eigenvalue weighted by Crippen LogP contribution is 2.38.